The van der Waals surface area contributed by atoms with Crippen LogP contribution in [0, 0.1) is 0 Å². The molecule has 0 amide bonds. The van der Waals surface area contributed by atoms with Crippen LogP contribution in [-0.4, -0.2) is 6.01 Å². The standard InChI is InChI=1S/C21H18N2/c1-3-9-18(10-4-1)15-20-13-7-8-14-21(20)23-17-22-16-19-11-5-2-6-12-19/h1-14H,15-16H2. The summed E-state index contributed by atoms with van der Waals surface area (Å²) in [7, 11) is 0. The molecule has 3 aromatic rings. The van der Waals surface area contributed by atoms with E-state index in [0.29, 0.717) is 6.54 Å². The van der Waals surface area contributed by atoms with Crippen LogP contribution in [0.3, 0.4) is 0 Å². The Labute approximate surface area is 136 Å². The molecule has 0 bridgehead atoms. The van der Waals surface area contributed by atoms with E-state index in [0.717, 1.165) is 17.7 Å². The molecule has 0 aliphatic heterocycles. The van der Waals surface area contributed by atoms with Gasteiger partial charge in [0.1, 0.15) is 0 Å². The molecule has 0 unspecified atom stereocenters. The maximum absolute atomic E-state index is 4.40. The van der Waals surface area contributed by atoms with Gasteiger partial charge >= 0.3 is 0 Å². The van der Waals surface area contributed by atoms with Gasteiger partial charge in [-0.3, -0.25) is 0 Å². The van der Waals surface area contributed by atoms with Gasteiger partial charge in [0, 0.05) is 0 Å². The Hall–Kier alpha value is -2.96. The largest absolute Gasteiger partial charge is 0.221 e. The van der Waals surface area contributed by atoms with Crippen LogP contribution in [-0.2, 0) is 13.0 Å². The van der Waals surface area contributed by atoms with E-state index < -0.39 is 0 Å². The van der Waals surface area contributed by atoms with Gasteiger partial charge in [-0.15, -0.1) is 0 Å². The predicted molar refractivity (Wildman–Crippen MR) is 95.4 cm³/mol. The number of benzene rings is 3. The SMILES string of the molecule is C(=NCc1ccccc1)=Nc1ccccc1Cc1ccccc1. The zero-order valence-corrected chi connectivity index (χ0v) is 12.9. The van der Waals surface area contributed by atoms with Crippen LogP contribution in [0.25, 0.3) is 0 Å². The summed E-state index contributed by atoms with van der Waals surface area (Å²) >= 11 is 0. The summed E-state index contributed by atoms with van der Waals surface area (Å²) in [4.78, 5) is 8.67. The van der Waals surface area contributed by atoms with Crippen LogP contribution in [0.2, 0.25) is 0 Å². The quantitative estimate of drug-likeness (QED) is 0.572. The lowest BCUT2D eigenvalue weighted by Crippen LogP contribution is -1.88. The second-order valence-electron chi connectivity index (χ2n) is 5.30. The molecule has 23 heavy (non-hydrogen) atoms. The van der Waals surface area contributed by atoms with Gasteiger partial charge in [0.2, 0.25) is 0 Å². The van der Waals surface area contributed by atoms with Gasteiger partial charge in [-0.05, 0) is 29.2 Å². The number of para-hydroxylation sites is 1. The molecule has 0 radical (unpaired) electrons. The number of aliphatic imine (C=N–C) groups is 2. The van der Waals surface area contributed by atoms with E-state index in [1.165, 1.54) is 11.1 Å². The number of hydrogen-bond donors (Lipinski definition) is 0. The maximum atomic E-state index is 4.40. The van der Waals surface area contributed by atoms with Gasteiger partial charge in [-0.2, -0.15) is 4.99 Å². The topological polar surface area (TPSA) is 24.7 Å². The van der Waals surface area contributed by atoms with E-state index in [2.05, 4.69) is 58.5 Å². The molecule has 112 valence electrons. The van der Waals surface area contributed by atoms with Gasteiger partial charge in [-0.25, -0.2) is 4.99 Å². The fourth-order valence-corrected chi connectivity index (χ4v) is 2.38. The Kier molecular flexibility index (Phi) is 5.12. The Morgan fingerprint density at radius 2 is 1.26 bits per heavy atom. The van der Waals surface area contributed by atoms with Crippen molar-refractivity contribution in [3.63, 3.8) is 0 Å². The van der Waals surface area contributed by atoms with Crippen LogP contribution >= 0.6 is 0 Å². The zero-order chi connectivity index (χ0) is 15.7. The average molecular weight is 298 g/mol. The normalized spacial score (nSPS) is 9.91. The molecule has 2 nitrogen and oxygen atoms in total. The van der Waals surface area contributed by atoms with Gasteiger partial charge in [0.05, 0.1) is 18.2 Å². The fraction of sp³-hybridized carbons (Fsp3) is 0.0952. The highest BCUT2D eigenvalue weighted by Crippen LogP contribution is 2.21. The second kappa shape index (κ2) is 7.88. The number of nitrogens with zero attached hydrogens (tertiary/aromatic N) is 2. The van der Waals surface area contributed by atoms with E-state index in [1.807, 2.05) is 42.5 Å². The molecule has 3 rings (SSSR count). The first-order chi connectivity index (χ1) is 11.4. The minimum atomic E-state index is 0.602. The Bertz CT molecular complexity index is 802. The maximum Gasteiger partial charge on any atom is 0.0952 e. The molecule has 0 saturated carbocycles. The highest BCUT2D eigenvalue weighted by Gasteiger charge is 2.01. The molecule has 3 aromatic carbocycles. The smallest absolute Gasteiger partial charge is 0.0952 e. The lowest BCUT2D eigenvalue weighted by atomic mass is 10.0. The molecular weight excluding hydrogens is 280 g/mol. The Balaban J connectivity index is 1.74. The molecule has 0 spiro atoms. The molecule has 2 heteroatoms. The molecular formula is C21H18N2. The van der Waals surface area contributed by atoms with E-state index in [9.17, 15) is 0 Å². The van der Waals surface area contributed by atoms with Crippen molar-refractivity contribution < 1.29 is 0 Å². The van der Waals surface area contributed by atoms with Crippen LogP contribution < -0.4 is 0 Å². The van der Waals surface area contributed by atoms with Gasteiger partial charge in [-0.1, -0.05) is 78.9 Å². The van der Waals surface area contributed by atoms with Gasteiger partial charge in [0.25, 0.3) is 0 Å². The minimum Gasteiger partial charge on any atom is -0.221 e. The molecule has 0 saturated heterocycles. The number of rotatable bonds is 5. The van der Waals surface area contributed by atoms with Crippen molar-refractivity contribution in [1.29, 1.82) is 0 Å². The first-order valence-corrected chi connectivity index (χ1v) is 7.70. The minimum absolute atomic E-state index is 0.602. The van der Waals surface area contributed by atoms with E-state index in [4.69, 9.17) is 0 Å². The van der Waals surface area contributed by atoms with Crippen molar-refractivity contribution >= 4 is 11.7 Å². The molecule has 0 heterocycles. The third-order valence-corrected chi connectivity index (χ3v) is 3.57. The van der Waals surface area contributed by atoms with Crippen LogP contribution in [0.4, 0.5) is 5.69 Å². The van der Waals surface area contributed by atoms with Crippen molar-refractivity contribution in [2.75, 3.05) is 0 Å². The summed E-state index contributed by atoms with van der Waals surface area (Å²) in [6.07, 6.45) is 0.862. The Morgan fingerprint density at radius 3 is 2.00 bits per heavy atom. The summed E-state index contributed by atoms with van der Waals surface area (Å²) in [6, 6.07) is 31.5. The highest BCUT2D eigenvalue weighted by atomic mass is 14.8. The van der Waals surface area contributed by atoms with Crippen LogP contribution in [0.15, 0.2) is 94.9 Å². The molecule has 0 aromatic heterocycles. The third-order valence-electron chi connectivity index (χ3n) is 3.57. The first kappa shape index (κ1) is 15.0. The van der Waals surface area contributed by atoms with Crippen LogP contribution in [0.1, 0.15) is 16.7 Å². The van der Waals surface area contributed by atoms with Crippen molar-refractivity contribution in [3.8, 4) is 0 Å². The summed E-state index contributed by atoms with van der Waals surface area (Å²) in [5.74, 6) is 0. The van der Waals surface area contributed by atoms with E-state index in [-0.39, 0.29) is 0 Å². The fourth-order valence-electron chi connectivity index (χ4n) is 2.38. The molecule has 0 fully saturated rings. The Morgan fingerprint density at radius 1 is 0.652 bits per heavy atom. The van der Waals surface area contributed by atoms with Crippen molar-refractivity contribution in [1.82, 2.24) is 0 Å². The lowest BCUT2D eigenvalue weighted by Gasteiger charge is -2.04. The molecule has 0 N–H and O–H groups in total. The summed E-state index contributed by atoms with van der Waals surface area (Å²) in [5, 5.41) is 0. The average Bonchev–Trinajstić information content (AvgIpc) is 2.62. The first-order valence-electron chi connectivity index (χ1n) is 7.70. The zero-order valence-electron chi connectivity index (χ0n) is 12.9. The predicted octanol–water partition coefficient (Wildman–Crippen LogP) is 5.28. The third kappa shape index (κ3) is 4.50. The van der Waals surface area contributed by atoms with Crippen molar-refractivity contribution in [3.05, 3.63) is 102 Å². The van der Waals surface area contributed by atoms with Gasteiger partial charge in [0.15, 0.2) is 0 Å². The van der Waals surface area contributed by atoms with Crippen molar-refractivity contribution in [2.45, 2.75) is 13.0 Å². The lowest BCUT2D eigenvalue weighted by molar-refractivity contribution is 1.08. The summed E-state index contributed by atoms with van der Waals surface area (Å²) < 4.78 is 0. The monoisotopic (exact) mass is 298 g/mol. The van der Waals surface area contributed by atoms with Crippen molar-refractivity contribution in [2.24, 2.45) is 9.98 Å². The summed E-state index contributed by atoms with van der Waals surface area (Å²) in [6.45, 7) is 0.602. The highest BCUT2D eigenvalue weighted by molar-refractivity contribution is 5.57. The van der Waals surface area contributed by atoms with E-state index in [1.54, 1.807) is 0 Å². The van der Waals surface area contributed by atoms with Gasteiger partial charge < -0.3 is 0 Å². The summed E-state index contributed by atoms with van der Waals surface area (Å²) in [5.41, 5.74) is 4.54. The van der Waals surface area contributed by atoms with E-state index >= 15 is 0 Å². The molecule has 0 atom stereocenters. The van der Waals surface area contributed by atoms with Crippen LogP contribution in [0.5, 0.6) is 0 Å². The second-order valence-corrected chi connectivity index (χ2v) is 5.30. The molecule has 0 aliphatic rings. The molecule has 0 aliphatic carbocycles. The number of hydrogen-bond acceptors (Lipinski definition) is 2.